The molecule has 0 atom stereocenters. The number of benzene rings is 8. The van der Waals surface area contributed by atoms with Crippen molar-refractivity contribution < 1.29 is 13.9 Å². The van der Waals surface area contributed by atoms with E-state index in [2.05, 4.69) is 146 Å². The van der Waals surface area contributed by atoms with Crippen molar-refractivity contribution in [2.24, 2.45) is 0 Å². The van der Waals surface area contributed by atoms with Crippen LogP contribution in [0.15, 0.2) is 180 Å². The molecule has 0 saturated heterocycles. The number of furan rings is 1. The van der Waals surface area contributed by atoms with Crippen LogP contribution < -0.4 is 14.4 Å². The smallest absolute Gasteiger partial charge is 0.177 e. The first-order chi connectivity index (χ1) is 27.0. The first kappa shape index (κ1) is 31.5. The third-order valence-electron chi connectivity index (χ3n) is 11.4. The summed E-state index contributed by atoms with van der Waals surface area (Å²) in [5, 5.41) is 2.24. The molecule has 0 fully saturated rings. The van der Waals surface area contributed by atoms with Crippen molar-refractivity contribution in [3.63, 3.8) is 0 Å². The number of para-hydroxylation sites is 4. The van der Waals surface area contributed by atoms with Crippen LogP contribution in [0.2, 0.25) is 0 Å². The van der Waals surface area contributed by atoms with Crippen molar-refractivity contribution in [1.82, 2.24) is 0 Å². The van der Waals surface area contributed by atoms with Gasteiger partial charge in [-0.05, 0) is 99.6 Å². The molecule has 262 valence electrons. The molecule has 0 saturated carbocycles. The molecule has 8 aromatic carbocycles. The number of hydrogen-bond donors (Lipinski definition) is 0. The number of anilines is 3. The van der Waals surface area contributed by atoms with E-state index in [-0.39, 0.29) is 5.41 Å². The van der Waals surface area contributed by atoms with Crippen LogP contribution >= 0.6 is 0 Å². The average Bonchev–Trinajstić information content (AvgIpc) is 3.71. The van der Waals surface area contributed by atoms with Crippen LogP contribution in [0.1, 0.15) is 25.0 Å². The summed E-state index contributed by atoms with van der Waals surface area (Å²) in [7, 11) is 0. The number of nitrogens with zero attached hydrogens (tertiary/aromatic N) is 1. The van der Waals surface area contributed by atoms with Gasteiger partial charge in [0, 0.05) is 44.9 Å². The summed E-state index contributed by atoms with van der Waals surface area (Å²) in [5.74, 6) is 2.90. The van der Waals surface area contributed by atoms with Gasteiger partial charge in [-0.3, -0.25) is 0 Å². The van der Waals surface area contributed by atoms with Gasteiger partial charge in [0.1, 0.15) is 11.2 Å². The summed E-state index contributed by atoms with van der Waals surface area (Å²) in [6.45, 7) is 4.66. The molecular formula is C51H35NO3. The number of rotatable bonds is 5. The van der Waals surface area contributed by atoms with Gasteiger partial charge in [0.15, 0.2) is 23.0 Å². The van der Waals surface area contributed by atoms with Gasteiger partial charge in [-0.1, -0.05) is 123 Å². The summed E-state index contributed by atoms with van der Waals surface area (Å²) in [6, 6.07) is 61.9. The lowest BCUT2D eigenvalue weighted by atomic mass is 9.82. The van der Waals surface area contributed by atoms with Crippen LogP contribution in [0, 0.1) is 0 Å². The Morgan fingerprint density at radius 2 is 0.982 bits per heavy atom. The van der Waals surface area contributed by atoms with Crippen LogP contribution in [0.25, 0.3) is 55.3 Å². The van der Waals surface area contributed by atoms with Gasteiger partial charge in [-0.2, -0.15) is 0 Å². The molecule has 9 aromatic rings. The molecule has 0 unspecified atom stereocenters. The molecule has 4 heteroatoms. The molecule has 1 aliphatic heterocycles. The SMILES string of the molecule is CC1(C)c2ccccc2-c2ccc(N(c3ccc(-c4ccc(-c5cccc6c5Oc5ccccc5O6)cc4)cc3)c3ccc4c(c3)oc3ccccc34)cc21. The van der Waals surface area contributed by atoms with Gasteiger partial charge >= 0.3 is 0 Å². The van der Waals surface area contributed by atoms with E-state index in [0.29, 0.717) is 0 Å². The zero-order valence-corrected chi connectivity index (χ0v) is 30.4. The lowest BCUT2D eigenvalue weighted by molar-refractivity contribution is 0.361. The van der Waals surface area contributed by atoms with Crippen LogP contribution in [0.3, 0.4) is 0 Å². The lowest BCUT2D eigenvalue weighted by Crippen LogP contribution is -2.16. The van der Waals surface area contributed by atoms with Gasteiger partial charge in [0.05, 0.1) is 0 Å². The molecule has 2 heterocycles. The Hall–Kier alpha value is -7.04. The van der Waals surface area contributed by atoms with Gasteiger partial charge in [0.25, 0.3) is 0 Å². The van der Waals surface area contributed by atoms with Crippen molar-refractivity contribution in [3.8, 4) is 56.4 Å². The molecule has 2 aliphatic rings. The second-order valence-electron chi connectivity index (χ2n) is 14.9. The Morgan fingerprint density at radius 1 is 0.400 bits per heavy atom. The highest BCUT2D eigenvalue weighted by atomic mass is 16.6. The normalized spacial score (nSPS) is 13.3. The second-order valence-corrected chi connectivity index (χ2v) is 14.9. The predicted molar refractivity (Wildman–Crippen MR) is 223 cm³/mol. The molecule has 0 spiro atoms. The molecule has 0 bridgehead atoms. The fourth-order valence-corrected chi connectivity index (χ4v) is 8.55. The predicted octanol–water partition coefficient (Wildman–Crippen LogP) is 14.6. The topological polar surface area (TPSA) is 34.8 Å². The Kier molecular flexibility index (Phi) is 6.86. The van der Waals surface area contributed by atoms with E-state index in [1.54, 1.807) is 0 Å². The summed E-state index contributed by atoms with van der Waals surface area (Å²) < 4.78 is 18.9. The van der Waals surface area contributed by atoms with E-state index >= 15 is 0 Å². The molecule has 0 radical (unpaired) electrons. The highest BCUT2D eigenvalue weighted by molar-refractivity contribution is 6.06. The highest BCUT2D eigenvalue weighted by Crippen LogP contribution is 2.52. The quantitative estimate of drug-likeness (QED) is 0.178. The van der Waals surface area contributed by atoms with E-state index in [1.165, 1.54) is 22.3 Å². The summed E-state index contributed by atoms with van der Waals surface area (Å²) in [6.07, 6.45) is 0. The highest BCUT2D eigenvalue weighted by Gasteiger charge is 2.35. The maximum Gasteiger partial charge on any atom is 0.177 e. The van der Waals surface area contributed by atoms with Gasteiger partial charge in [-0.15, -0.1) is 0 Å². The molecule has 1 aliphatic carbocycles. The maximum atomic E-state index is 6.39. The zero-order valence-electron chi connectivity index (χ0n) is 30.4. The average molecular weight is 710 g/mol. The Morgan fingerprint density at radius 3 is 1.82 bits per heavy atom. The van der Waals surface area contributed by atoms with E-state index in [0.717, 1.165) is 84.3 Å². The van der Waals surface area contributed by atoms with Gasteiger partial charge in [-0.25, -0.2) is 0 Å². The standard InChI is InChI=1S/C51H35NO3/c1-51(2)43-13-5-3-10-39(43)40-28-26-36(30-44(40)51)52(37-27-29-42-41-11-4-6-14-45(41)53-49(42)31-37)35-24-22-33(23-25-35)32-18-20-34(21-19-32)38-12-9-17-48-50(38)55-47-16-8-7-15-46(47)54-48/h3-31H,1-2H3. The van der Waals surface area contributed by atoms with Gasteiger partial charge < -0.3 is 18.8 Å². The zero-order chi connectivity index (χ0) is 36.7. The molecule has 0 N–H and O–H groups in total. The largest absolute Gasteiger partial charge is 0.456 e. The Balaban J connectivity index is 0.964. The minimum atomic E-state index is -0.116. The molecular weight excluding hydrogens is 675 g/mol. The minimum Gasteiger partial charge on any atom is -0.456 e. The van der Waals surface area contributed by atoms with E-state index < -0.39 is 0 Å². The monoisotopic (exact) mass is 709 g/mol. The van der Waals surface area contributed by atoms with Crippen LogP contribution in [0.4, 0.5) is 17.1 Å². The van der Waals surface area contributed by atoms with E-state index in [9.17, 15) is 0 Å². The number of fused-ring (bicyclic) bond motifs is 8. The summed E-state index contributed by atoms with van der Waals surface area (Å²) in [5.41, 5.74) is 14.5. The number of hydrogen-bond acceptors (Lipinski definition) is 4. The second kappa shape index (κ2) is 12.0. The summed E-state index contributed by atoms with van der Waals surface area (Å²) >= 11 is 0. The summed E-state index contributed by atoms with van der Waals surface area (Å²) in [4.78, 5) is 2.34. The lowest BCUT2D eigenvalue weighted by Gasteiger charge is -2.28. The Bertz CT molecular complexity index is 2960. The minimum absolute atomic E-state index is 0.116. The first-order valence-corrected chi connectivity index (χ1v) is 18.7. The molecule has 4 nitrogen and oxygen atoms in total. The third kappa shape index (κ3) is 4.99. The third-order valence-corrected chi connectivity index (χ3v) is 11.4. The molecule has 11 rings (SSSR count). The number of ether oxygens (including phenoxy) is 2. The Labute approximate surface area is 319 Å². The fourth-order valence-electron chi connectivity index (χ4n) is 8.55. The maximum absolute atomic E-state index is 6.39. The van der Waals surface area contributed by atoms with E-state index in [4.69, 9.17) is 13.9 Å². The van der Waals surface area contributed by atoms with Crippen LogP contribution in [-0.2, 0) is 5.41 Å². The van der Waals surface area contributed by atoms with Crippen molar-refractivity contribution in [2.75, 3.05) is 4.90 Å². The van der Waals surface area contributed by atoms with E-state index in [1.807, 2.05) is 48.5 Å². The van der Waals surface area contributed by atoms with Gasteiger partial charge in [0.2, 0.25) is 0 Å². The molecule has 1 aromatic heterocycles. The fraction of sp³-hybridized carbons (Fsp3) is 0.0588. The van der Waals surface area contributed by atoms with Crippen molar-refractivity contribution in [3.05, 3.63) is 187 Å². The first-order valence-electron chi connectivity index (χ1n) is 18.7. The van der Waals surface area contributed by atoms with Crippen molar-refractivity contribution in [2.45, 2.75) is 19.3 Å². The van der Waals surface area contributed by atoms with Crippen LogP contribution in [-0.4, -0.2) is 0 Å². The molecule has 0 amide bonds. The molecule has 55 heavy (non-hydrogen) atoms. The van der Waals surface area contributed by atoms with Crippen molar-refractivity contribution >= 4 is 39.0 Å². The van der Waals surface area contributed by atoms with Crippen LogP contribution in [0.5, 0.6) is 23.0 Å². The van der Waals surface area contributed by atoms with Crippen molar-refractivity contribution in [1.29, 1.82) is 0 Å².